The second-order valence-electron chi connectivity index (χ2n) is 5.43. The van der Waals surface area contributed by atoms with E-state index < -0.39 is 21.9 Å². The van der Waals surface area contributed by atoms with Crippen LogP contribution in [0.25, 0.3) is 0 Å². The van der Waals surface area contributed by atoms with Gasteiger partial charge in [-0.25, -0.2) is 13.1 Å². The lowest BCUT2D eigenvalue weighted by molar-refractivity contribution is -0.143. The molecule has 1 aromatic rings. The lowest BCUT2D eigenvalue weighted by Crippen LogP contribution is -2.40. The Kier molecular flexibility index (Phi) is 4.91. The zero-order valence-corrected chi connectivity index (χ0v) is 13.2. The molecule has 5 nitrogen and oxygen atoms in total. The minimum absolute atomic E-state index is 0.146. The minimum Gasteiger partial charge on any atom is -0.481 e. The maximum absolute atomic E-state index is 12.4. The number of sulfonamides is 1. The highest BCUT2D eigenvalue weighted by molar-refractivity contribution is 7.89. The van der Waals surface area contributed by atoms with Crippen LogP contribution in [0.2, 0.25) is 5.02 Å². The van der Waals surface area contributed by atoms with Crippen molar-refractivity contribution < 1.29 is 18.3 Å². The Labute approximate surface area is 129 Å². The van der Waals surface area contributed by atoms with E-state index in [0.29, 0.717) is 36.3 Å². The van der Waals surface area contributed by atoms with Gasteiger partial charge in [-0.2, -0.15) is 0 Å². The normalized spacial score (nSPS) is 23.0. The molecule has 0 spiro atoms. The van der Waals surface area contributed by atoms with Gasteiger partial charge in [-0.15, -0.1) is 0 Å². The topological polar surface area (TPSA) is 83.5 Å². The van der Waals surface area contributed by atoms with Gasteiger partial charge in [-0.1, -0.05) is 24.1 Å². The summed E-state index contributed by atoms with van der Waals surface area (Å²) >= 11 is 5.86. The van der Waals surface area contributed by atoms with E-state index in [2.05, 4.69) is 4.72 Å². The monoisotopic (exact) mass is 331 g/mol. The molecule has 0 bridgehead atoms. The molecule has 0 aliphatic heterocycles. The zero-order valence-electron chi connectivity index (χ0n) is 11.7. The van der Waals surface area contributed by atoms with Crippen LogP contribution in [0.5, 0.6) is 0 Å². The van der Waals surface area contributed by atoms with Crippen molar-refractivity contribution >= 4 is 27.6 Å². The number of hydrogen-bond donors (Lipinski definition) is 2. The largest absolute Gasteiger partial charge is 0.481 e. The lowest BCUT2D eigenvalue weighted by Gasteiger charge is -2.27. The summed E-state index contributed by atoms with van der Waals surface area (Å²) in [6.45, 7) is 1.70. The summed E-state index contributed by atoms with van der Waals surface area (Å²) in [5.41, 5.74) is 0.609. The van der Waals surface area contributed by atoms with Gasteiger partial charge in [-0.05, 0) is 43.9 Å². The second kappa shape index (κ2) is 6.34. The summed E-state index contributed by atoms with van der Waals surface area (Å²) in [6, 6.07) is 4.36. The molecular weight excluding hydrogens is 314 g/mol. The number of halogens is 1. The third kappa shape index (κ3) is 3.96. The molecule has 1 aliphatic rings. The van der Waals surface area contributed by atoms with Crippen LogP contribution in [0, 0.1) is 12.8 Å². The number of aryl methyl sites for hydroxylation is 1. The number of hydrogen-bond acceptors (Lipinski definition) is 3. The molecule has 2 atom stereocenters. The van der Waals surface area contributed by atoms with Crippen LogP contribution in [0.4, 0.5) is 0 Å². The van der Waals surface area contributed by atoms with Crippen LogP contribution in [-0.2, 0) is 14.8 Å². The van der Waals surface area contributed by atoms with Crippen molar-refractivity contribution in [2.24, 2.45) is 5.92 Å². The standard InChI is InChI=1S/C14H18ClNO4S/c1-9-5-6-11(15)8-13(9)21(19,20)16-12-4-2-3-10(7-12)14(17)18/h5-6,8,10,12,16H,2-4,7H2,1H3,(H,17,18). The van der Waals surface area contributed by atoms with Crippen LogP contribution in [0.3, 0.4) is 0 Å². The predicted octanol–water partition coefficient (Wildman–Crippen LogP) is 2.57. The summed E-state index contributed by atoms with van der Waals surface area (Å²) in [6.07, 6.45) is 2.29. The number of carbonyl (C=O) groups is 1. The first-order valence-corrected chi connectivity index (χ1v) is 8.67. The average molecular weight is 332 g/mol. The predicted molar refractivity (Wildman–Crippen MR) is 79.9 cm³/mol. The van der Waals surface area contributed by atoms with Crippen LogP contribution in [-0.4, -0.2) is 25.5 Å². The smallest absolute Gasteiger partial charge is 0.306 e. The first-order valence-electron chi connectivity index (χ1n) is 6.81. The summed E-state index contributed by atoms with van der Waals surface area (Å²) in [5, 5.41) is 9.41. The number of rotatable bonds is 4. The molecule has 2 unspecified atom stereocenters. The molecule has 21 heavy (non-hydrogen) atoms. The van der Waals surface area contributed by atoms with Crippen molar-refractivity contribution in [3.05, 3.63) is 28.8 Å². The van der Waals surface area contributed by atoms with Crippen molar-refractivity contribution in [3.8, 4) is 0 Å². The highest BCUT2D eigenvalue weighted by Gasteiger charge is 2.30. The summed E-state index contributed by atoms with van der Waals surface area (Å²) in [7, 11) is -3.69. The molecular formula is C14H18ClNO4S. The number of carboxylic acids is 1. The molecule has 0 radical (unpaired) electrons. The number of aliphatic carboxylic acids is 1. The van der Waals surface area contributed by atoms with E-state index in [9.17, 15) is 13.2 Å². The van der Waals surface area contributed by atoms with Gasteiger partial charge >= 0.3 is 5.97 Å². The van der Waals surface area contributed by atoms with Crippen molar-refractivity contribution in [1.82, 2.24) is 4.72 Å². The van der Waals surface area contributed by atoms with Crippen LogP contribution >= 0.6 is 11.6 Å². The van der Waals surface area contributed by atoms with E-state index in [1.807, 2.05) is 0 Å². The fraction of sp³-hybridized carbons (Fsp3) is 0.500. The van der Waals surface area contributed by atoms with Crippen LogP contribution in [0.15, 0.2) is 23.1 Å². The molecule has 7 heteroatoms. The molecule has 1 fully saturated rings. The first kappa shape index (κ1) is 16.3. The molecule has 0 aromatic heterocycles. The van der Waals surface area contributed by atoms with E-state index in [1.54, 1.807) is 19.1 Å². The maximum Gasteiger partial charge on any atom is 0.306 e. The number of nitrogens with one attached hydrogen (secondary N) is 1. The third-order valence-electron chi connectivity index (χ3n) is 3.78. The molecule has 2 rings (SSSR count). The molecule has 1 aliphatic carbocycles. The molecule has 0 saturated heterocycles. The Bertz CT molecular complexity index is 644. The molecule has 116 valence electrons. The summed E-state index contributed by atoms with van der Waals surface area (Å²) in [4.78, 5) is 11.2. The highest BCUT2D eigenvalue weighted by atomic mass is 35.5. The first-order chi connectivity index (χ1) is 9.79. The van der Waals surface area contributed by atoms with E-state index >= 15 is 0 Å². The Morgan fingerprint density at radius 1 is 1.38 bits per heavy atom. The molecule has 2 N–H and O–H groups in total. The number of benzene rings is 1. The molecule has 1 saturated carbocycles. The zero-order chi connectivity index (χ0) is 15.6. The quantitative estimate of drug-likeness (QED) is 0.888. The third-order valence-corrected chi connectivity index (χ3v) is 5.68. The average Bonchev–Trinajstić information content (AvgIpc) is 2.41. The fourth-order valence-electron chi connectivity index (χ4n) is 2.67. The highest BCUT2D eigenvalue weighted by Crippen LogP contribution is 2.27. The Morgan fingerprint density at radius 2 is 2.10 bits per heavy atom. The Morgan fingerprint density at radius 3 is 2.76 bits per heavy atom. The van der Waals surface area contributed by atoms with Gasteiger partial charge in [0.1, 0.15) is 0 Å². The summed E-state index contributed by atoms with van der Waals surface area (Å²) < 4.78 is 27.5. The fourth-order valence-corrected chi connectivity index (χ4v) is 4.46. The molecule has 1 aromatic carbocycles. The van der Waals surface area contributed by atoms with E-state index in [-0.39, 0.29) is 10.9 Å². The Balaban J connectivity index is 2.17. The van der Waals surface area contributed by atoms with Gasteiger partial charge in [0.2, 0.25) is 10.0 Å². The SMILES string of the molecule is Cc1ccc(Cl)cc1S(=O)(=O)NC1CCCC(C(=O)O)C1. The van der Waals surface area contributed by atoms with Gasteiger partial charge in [0.15, 0.2) is 0 Å². The molecule has 0 amide bonds. The van der Waals surface area contributed by atoms with E-state index in [1.165, 1.54) is 6.07 Å². The maximum atomic E-state index is 12.4. The van der Waals surface area contributed by atoms with Crippen LogP contribution in [0.1, 0.15) is 31.2 Å². The van der Waals surface area contributed by atoms with Gasteiger partial charge in [0.25, 0.3) is 0 Å². The van der Waals surface area contributed by atoms with Gasteiger partial charge in [0, 0.05) is 11.1 Å². The number of carboxylic acid groups (broad SMARTS) is 1. The van der Waals surface area contributed by atoms with Crippen molar-refractivity contribution in [2.45, 2.75) is 43.5 Å². The molecule has 0 heterocycles. The van der Waals surface area contributed by atoms with Crippen LogP contribution < -0.4 is 4.72 Å². The van der Waals surface area contributed by atoms with Gasteiger partial charge < -0.3 is 5.11 Å². The van der Waals surface area contributed by atoms with E-state index in [0.717, 1.165) is 0 Å². The second-order valence-corrected chi connectivity index (χ2v) is 7.55. The van der Waals surface area contributed by atoms with E-state index in [4.69, 9.17) is 16.7 Å². The van der Waals surface area contributed by atoms with Crippen molar-refractivity contribution in [1.29, 1.82) is 0 Å². The van der Waals surface area contributed by atoms with Crippen molar-refractivity contribution in [2.75, 3.05) is 0 Å². The van der Waals surface area contributed by atoms with Gasteiger partial charge in [0.05, 0.1) is 10.8 Å². The van der Waals surface area contributed by atoms with Gasteiger partial charge in [-0.3, -0.25) is 4.79 Å². The Hall–Kier alpha value is -1.11. The minimum atomic E-state index is -3.69. The van der Waals surface area contributed by atoms with Crippen molar-refractivity contribution in [3.63, 3.8) is 0 Å². The lowest BCUT2D eigenvalue weighted by atomic mass is 9.86. The summed E-state index contributed by atoms with van der Waals surface area (Å²) in [5.74, 6) is -1.34.